The smallest absolute Gasteiger partial charge is 0.227 e. The summed E-state index contributed by atoms with van der Waals surface area (Å²) in [6.45, 7) is 5.66. The van der Waals surface area contributed by atoms with Crippen LogP contribution in [0, 0.1) is 25.5 Å². The molecule has 2 aromatic carbocycles. The van der Waals surface area contributed by atoms with E-state index < -0.39 is 23.3 Å². The van der Waals surface area contributed by atoms with Crippen molar-refractivity contribution in [1.82, 2.24) is 14.7 Å². The number of aromatic nitrogens is 3. The number of nitrogens with zero attached hydrogens (tertiary/aromatic N) is 4. The number of imidazole rings is 1. The molecule has 1 saturated heterocycles. The van der Waals surface area contributed by atoms with Gasteiger partial charge in [-0.25, -0.2) is 13.8 Å². The third kappa shape index (κ3) is 4.52. The van der Waals surface area contributed by atoms with E-state index in [0.29, 0.717) is 37.8 Å². The molecule has 6 rings (SSSR count). The predicted octanol–water partition coefficient (Wildman–Crippen LogP) is 6.71. The number of carbonyl (C=O) groups excluding carboxylic acids is 1. The minimum absolute atomic E-state index is 0.0824. The van der Waals surface area contributed by atoms with Gasteiger partial charge in [-0.1, -0.05) is 11.2 Å². The average molecular weight is 535 g/mol. The first-order chi connectivity index (χ1) is 18.6. The number of hydrogen-bond acceptors (Lipinski definition) is 5. The highest BCUT2D eigenvalue weighted by molar-refractivity contribution is 5.95. The van der Waals surface area contributed by atoms with Gasteiger partial charge in [-0.05, 0) is 89.1 Å². The summed E-state index contributed by atoms with van der Waals surface area (Å²) in [5.74, 6) is -0.627. The van der Waals surface area contributed by atoms with Crippen molar-refractivity contribution in [3.05, 3.63) is 65.3 Å². The third-order valence-electron chi connectivity index (χ3n) is 8.36. The molecule has 2 aromatic heterocycles. The Labute approximate surface area is 225 Å². The molecule has 2 aliphatic rings. The Morgan fingerprint density at radius 1 is 1.05 bits per heavy atom. The number of amides is 1. The summed E-state index contributed by atoms with van der Waals surface area (Å²) in [5.41, 5.74) is 4.01. The van der Waals surface area contributed by atoms with Crippen LogP contribution in [0.2, 0.25) is 0 Å². The molecule has 9 heteroatoms. The number of rotatable bonds is 4. The van der Waals surface area contributed by atoms with Crippen molar-refractivity contribution in [2.24, 2.45) is 0 Å². The average Bonchev–Trinajstić information content (AvgIpc) is 3.44. The first-order valence-electron chi connectivity index (χ1n) is 13.6. The lowest BCUT2D eigenvalue weighted by atomic mass is 9.83. The summed E-state index contributed by atoms with van der Waals surface area (Å²) in [4.78, 5) is 20.0. The minimum atomic E-state index is -0.989. The molecule has 7 nitrogen and oxygen atoms in total. The van der Waals surface area contributed by atoms with E-state index in [2.05, 4.69) is 9.72 Å². The van der Waals surface area contributed by atoms with Crippen LogP contribution in [0.1, 0.15) is 81.2 Å². The fraction of sp³-hybridized carbons (Fsp3) is 0.433. The maximum atomic E-state index is 14.3. The van der Waals surface area contributed by atoms with Gasteiger partial charge >= 0.3 is 0 Å². The molecular weight excluding hydrogens is 502 g/mol. The molecule has 3 heterocycles. The van der Waals surface area contributed by atoms with E-state index in [4.69, 9.17) is 9.51 Å². The van der Waals surface area contributed by atoms with Gasteiger partial charge in [-0.3, -0.25) is 4.79 Å². The Bertz CT molecular complexity index is 1540. The van der Waals surface area contributed by atoms with Crippen LogP contribution in [0.25, 0.3) is 22.2 Å². The minimum Gasteiger partial charge on any atom is -0.390 e. The van der Waals surface area contributed by atoms with Gasteiger partial charge < -0.3 is 19.1 Å². The van der Waals surface area contributed by atoms with E-state index in [1.807, 2.05) is 39.0 Å². The number of benzene rings is 2. The number of piperidine rings is 1. The van der Waals surface area contributed by atoms with Gasteiger partial charge in [0.1, 0.15) is 11.6 Å². The van der Waals surface area contributed by atoms with Crippen molar-refractivity contribution < 1.29 is 23.2 Å². The quantitative estimate of drug-likeness (QED) is 0.315. The van der Waals surface area contributed by atoms with E-state index in [9.17, 15) is 18.7 Å². The Balaban J connectivity index is 1.51. The van der Waals surface area contributed by atoms with Crippen molar-refractivity contribution in [2.75, 3.05) is 4.90 Å². The van der Waals surface area contributed by atoms with Crippen LogP contribution in [0.15, 0.2) is 40.9 Å². The van der Waals surface area contributed by atoms with Crippen molar-refractivity contribution in [2.45, 2.75) is 83.4 Å². The van der Waals surface area contributed by atoms with Crippen LogP contribution in [-0.4, -0.2) is 31.3 Å². The van der Waals surface area contributed by atoms with Crippen LogP contribution in [0.4, 0.5) is 14.5 Å². The molecule has 0 unspecified atom stereocenters. The molecule has 1 atom stereocenters. The third-order valence-corrected chi connectivity index (χ3v) is 8.36. The fourth-order valence-electron chi connectivity index (χ4n) is 6.34. The Hall–Kier alpha value is -3.59. The number of carbonyl (C=O) groups is 1. The molecule has 2 fully saturated rings. The fourth-order valence-corrected chi connectivity index (χ4v) is 6.34. The second-order valence-corrected chi connectivity index (χ2v) is 11.2. The molecule has 0 radical (unpaired) electrons. The summed E-state index contributed by atoms with van der Waals surface area (Å²) in [5, 5.41) is 14.7. The summed E-state index contributed by atoms with van der Waals surface area (Å²) in [6.07, 6.45) is 4.50. The molecule has 1 aliphatic carbocycles. The highest BCUT2D eigenvalue weighted by Crippen LogP contribution is 2.43. The zero-order valence-corrected chi connectivity index (χ0v) is 22.4. The first-order valence-corrected chi connectivity index (χ1v) is 13.6. The Kier molecular flexibility index (Phi) is 6.29. The topological polar surface area (TPSA) is 84.4 Å². The van der Waals surface area contributed by atoms with Crippen LogP contribution < -0.4 is 4.90 Å². The molecule has 1 N–H and O–H groups in total. The molecule has 0 spiro atoms. The SMILES string of the molecule is Cc1noc(C)c1-c1ccc2c(c1)nc([C@@H]1CCCC(=O)N1c1ccc(F)c(F)c1)n2[C@H]1CC[C@@](C)(O)CC1. The van der Waals surface area contributed by atoms with Crippen LogP contribution >= 0.6 is 0 Å². The molecule has 1 saturated carbocycles. The maximum Gasteiger partial charge on any atom is 0.227 e. The van der Waals surface area contributed by atoms with E-state index >= 15 is 0 Å². The number of halogens is 2. The Morgan fingerprint density at radius 3 is 2.51 bits per heavy atom. The highest BCUT2D eigenvalue weighted by Gasteiger charge is 2.38. The van der Waals surface area contributed by atoms with E-state index in [1.54, 1.807) is 4.90 Å². The molecular formula is C30H32F2N4O3. The molecule has 1 amide bonds. The molecule has 39 heavy (non-hydrogen) atoms. The molecule has 1 aliphatic heterocycles. The lowest BCUT2D eigenvalue weighted by Gasteiger charge is -2.38. The van der Waals surface area contributed by atoms with Gasteiger partial charge in [-0.15, -0.1) is 0 Å². The lowest BCUT2D eigenvalue weighted by molar-refractivity contribution is -0.120. The second kappa shape index (κ2) is 9.55. The van der Waals surface area contributed by atoms with Gasteiger partial charge in [0.25, 0.3) is 0 Å². The zero-order valence-electron chi connectivity index (χ0n) is 22.4. The van der Waals surface area contributed by atoms with Gasteiger partial charge in [0.2, 0.25) is 5.91 Å². The van der Waals surface area contributed by atoms with Gasteiger partial charge in [-0.2, -0.15) is 0 Å². The number of aliphatic hydroxyl groups is 1. The van der Waals surface area contributed by atoms with Gasteiger partial charge in [0.15, 0.2) is 11.6 Å². The summed E-state index contributed by atoms with van der Waals surface area (Å²) in [7, 11) is 0. The van der Waals surface area contributed by atoms with Crippen LogP contribution in [-0.2, 0) is 4.79 Å². The van der Waals surface area contributed by atoms with Crippen molar-refractivity contribution >= 4 is 22.6 Å². The zero-order chi connectivity index (χ0) is 27.5. The Morgan fingerprint density at radius 2 is 1.82 bits per heavy atom. The summed E-state index contributed by atoms with van der Waals surface area (Å²) < 4.78 is 35.7. The van der Waals surface area contributed by atoms with Crippen molar-refractivity contribution in [1.29, 1.82) is 0 Å². The van der Waals surface area contributed by atoms with E-state index in [-0.39, 0.29) is 11.9 Å². The highest BCUT2D eigenvalue weighted by atomic mass is 19.2. The number of fused-ring (bicyclic) bond motifs is 1. The maximum absolute atomic E-state index is 14.3. The molecule has 4 aromatic rings. The molecule has 204 valence electrons. The van der Waals surface area contributed by atoms with E-state index in [0.717, 1.165) is 64.4 Å². The predicted molar refractivity (Wildman–Crippen MR) is 143 cm³/mol. The molecule has 0 bridgehead atoms. The number of anilines is 1. The normalized spacial score (nSPS) is 24.1. The van der Waals surface area contributed by atoms with E-state index in [1.165, 1.54) is 6.07 Å². The first kappa shape index (κ1) is 25.7. The van der Waals surface area contributed by atoms with Gasteiger partial charge in [0, 0.05) is 29.8 Å². The number of aryl methyl sites for hydroxylation is 2. The largest absolute Gasteiger partial charge is 0.390 e. The van der Waals surface area contributed by atoms with Crippen molar-refractivity contribution in [3.8, 4) is 11.1 Å². The summed E-state index contributed by atoms with van der Waals surface area (Å²) in [6, 6.07) is 9.36. The van der Waals surface area contributed by atoms with Crippen LogP contribution in [0.3, 0.4) is 0 Å². The second-order valence-electron chi connectivity index (χ2n) is 11.2. The monoisotopic (exact) mass is 534 g/mol. The lowest BCUT2D eigenvalue weighted by Crippen LogP contribution is -2.40. The van der Waals surface area contributed by atoms with Crippen LogP contribution in [0.5, 0.6) is 0 Å². The summed E-state index contributed by atoms with van der Waals surface area (Å²) >= 11 is 0. The number of hydrogen-bond donors (Lipinski definition) is 1. The van der Waals surface area contributed by atoms with Gasteiger partial charge in [0.05, 0.1) is 28.4 Å². The standard InChI is InChI=1S/C30H32F2N4O3/c1-17-28(18(2)39-34-17)19-7-10-25-24(15-19)33-29(36(25)20-11-13-30(3,38)14-12-20)26-5-4-6-27(37)35(26)21-8-9-22(31)23(32)16-21/h7-10,15-16,20,26,38H,4-6,11-14H2,1-3H3/t20-,26-,30+/m0/s1. The van der Waals surface area contributed by atoms with Crippen molar-refractivity contribution in [3.63, 3.8) is 0 Å².